The molecule has 0 aliphatic rings. The molecule has 0 N–H and O–H groups in total. The highest BCUT2D eigenvalue weighted by molar-refractivity contribution is 7.99. The minimum atomic E-state index is 0.306. The van der Waals surface area contributed by atoms with Crippen LogP contribution in [0.5, 0.6) is 0 Å². The van der Waals surface area contributed by atoms with Crippen molar-refractivity contribution in [2.75, 3.05) is 12.4 Å². The molecule has 74 valence electrons. The van der Waals surface area contributed by atoms with Crippen molar-refractivity contribution in [1.82, 2.24) is 14.8 Å². The van der Waals surface area contributed by atoms with Gasteiger partial charge in [-0.1, -0.05) is 11.8 Å². The zero-order valence-corrected chi connectivity index (χ0v) is 9.04. The van der Waals surface area contributed by atoms with Crippen LogP contribution < -0.4 is 0 Å². The third-order valence-electron chi connectivity index (χ3n) is 1.44. The zero-order chi connectivity index (χ0) is 9.68. The SMILES string of the molecule is CC(C)OCCSc1nncn1C. The largest absolute Gasteiger partial charge is 0.378 e. The highest BCUT2D eigenvalue weighted by Crippen LogP contribution is 2.12. The lowest BCUT2D eigenvalue weighted by Crippen LogP contribution is -2.05. The summed E-state index contributed by atoms with van der Waals surface area (Å²) in [5.74, 6) is 0.921. The van der Waals surface area contributed by atoms with Gasteiger partial charge in [0.1, 0.15) is 6.33 Å². The summed E-state index contributed by atoms with van der Waals surface area (Å²) in [5, 5.41) is 8.68. The number of aryl methyl sites for hydroxylation is 1. The Labute approximate surface area is 82.7 Å². The van der Waals surface area contributed by atoms with Crippen LogP contribution in [0.15, 0.2) is 11.5 Å². The molecular weight excluding hydrogens is 186 g/mol. The molecule has 0 aliphatic carbocycles. The summed E-state index contributed by atoms with van der Waals surface area (Å²) in [6.07, 6.45) is 2.01. The van der Waals surface area contributed by atoms with Gasteiger partial charge in [-0.15, -0.1) is 10.2 Å². The van der Waals surface area contributed by atoms with E-state index in [-0.39, 0.29) is 0 Å². The molecule has 5 heteroatoms. The van der Waals surface area contributed by atoms with Gasteiger partial charge in [-0.05, 0) is 13.8 Å². The molecule has 0 amide bonds. The maximum absolute atomic E-state index is 5.40. The molecule has 0 aromatic carbocycles. The van der Waals surface area contributed by atoms with Gasteiger partial charge in [0.15, 0.2) is 5.16 Å². The molecule has 1 aromatic rings. The van der Waals surface area contributed by atoms with E-state index in [1.54, 1.807) is 18.1 Å². The molecule has 0 saturated heterocycles. The fourth-order valence-corrected chi connectivity index (χ4v) is 1.54. The van der Waals surface area contributed by atoms with Crippen molar-refractivity contribution in [2.24, 2.45) is 7.05 Å². The van der Waals surface area contributed by atoms with Crippen molar-refractivity contribution >= 4 is 11.8 Å². The normalized spacial score (nSPS) is 11.1. The summed E-state index contributed by atoms with van der Waals surface area (Å²) >= 11 is 1.66. The highest BCUT2D eigenvalue weighted by Gasteiger charge is 2.00. The molecule has 0 radical (unpaired) electrons. The van der Waals surface area contributed by atoms with Gasteiger partial charge < -0.3 is 9.30 Å². The summed E-state index contributed by atoms with van der Waals surface area (Å²) in [7, 11) is 1.94. The van der Waals surface area contributed by atoms with E-state index in [1.807, 2.05) is 25.5 Å². The number of hydrogen-bond acceptors (Lipinski definition) is 4. The van der Waals surface area contributed by atoms with Crippen LogP contribution in [-0.4, -0.2) is 33.2 Å². The van der Waals surface area contributed by atoms with Gasteiger partial charge in [0.25, 0.3) is 0 Å². The first-order chi connectivity index (χ1) is 6.20. The van der Waals surface area contributed by atoms with E-state index >= 15 is 0 Å². The Hall–Kier alpha value is -0.550. The Kier molecular flexibility index (Phi) is 4.24. The molecular formula is C8H15N3OS. The molecule has 1 rings (SSSR count). The predicted octanol–water partition coefficient (Wildman–Crippen LogP) is 1.33. The molecule has 0 unspecified atom stereocenters. The Morgan fingerprint density at radius 1 is 1.62 bits per heavy atom. The second kappa shape index (κ2) is 5.24. The standard InChI is InChI=1S/C8H15N3OS/c1-7(2)12-4-5-13-8-10-9-6-11(8)3/h6-7H,4-5H2,1-3H3. The molecule has 0 spiro atoms. The molecule has 0 saturated carbocycles. The van der Waals surface area contributed by atoms with Crippen LogP contribution in [0.2, 0.25) is 0 Å². The first kappa shape index (κ1) is 10.5. The van der Waals surface area contributed by atoms with Crippen molar-refractivity contribution in [1.29, 1.82) is 0 Å². The third kappa shape index (κ3) is 3.78. The fourth-order valence-electron chi connectivity index (χ4n) is 0.820. The first-order valence-electron chi connectivity index (χ1n) is 4.28. The van der Waals surface area contributed by atoms with Gasteiger partial charge in [0.05, 0.1) is 12.7 Å². The van der Waals surface area contributed by atoms with E-state index in [9.17, 15) is 0 Å². The van der Waals surface area contributed by atoms with E-state index < -0.39 is 0 Å². The summed E-state index contributed by atoms with van der Waals surface area (Å²) in [4.78, 5) is 0. The summed E-state index contributed by atoms with van der Waals surface area (Å²) < 4.78 is 7.30. The van der Waals surface area contributed by atoms with Crippen LogP contribution in [0.4, 0.5) is 0 Å². The van der Waals surface area contributed by atoms with Gasteiger partial charge in [-0.3, -0.25) is 0 Å². The second-order valence-electron chi connectivity index (χ2n) is 2.99. The van der Waals surface area contributed by atoms with Crippen molar-refractivity contribution in [3.8, 4) is 0 Å². The highest BCUT2D eigenvalue weighted by atomic mass is 32.2. The monoisotopic (exact) mass is 201 g/mol. The Morgan fingerprint density at radius 3 is 2.92 bits per heavy atom. The minimum Gasteiger partial charge on any atom is -0.378 e. The quantitative estimate of drug-likeness (QED) is 0.532. The van der Waals surface area contributed by atoms with Crippen molar-refractivity contribution in [2.45, 2.75) is 25.1 Å². The number of ether oxygens (including phenoxy) is 1. The van der Waals surface area contributed by atoms with Crippen LogP contribution in [0.1, 0.15) is 13.8 Å². The zero-order valence-electron chi connectivity index (χ0n) is 8.23. The predicted molar refractivity (Wildman–Crippen MR) is 52.8 cm³/mol. The molecule has 0 fully saturated rings. The van der Waals surface area contributed by atoms with Crippen LogP contribution in [0, 0.1) is 0 Å². The second-order valence-corrected chi connectivity index (χ2v) is 4.05. The average molecular weight is 201 g/mol. The lowest BCUT2D eigenvalue weighted by Gasteiger charge is -2.05. The maximum atomic E-state index is 5.40. The Balaban J connectivity index is 2.17. The molecule has 13 heavy (non-hydrogen) atoms. The Bertz CT molecular complexity index is 249. The molecule has 4 nitrogen and oxygen atoms in total. The molecule has 1 heterocycles. The van der Waals surface area contributed by atoms with Crippen molar-refractivity contribution in [3.05, 3.63) is 6.33 Å². The van der Waals surface area contributed by atoms with Gasteiger partial charge >= 0.3 is 0 Å². The van der Waals surface area contributed by atoms with Crippen LogP contribution in [-0.2, 0) is 11.8 Å². The van der Waals surface area contributed by atoms with E-state index in [0.717, 1.165) is 17.5 Å². The van der Waals surface area contributed by atoms with Crippen LogP contribution >= 0.6 is 11.8 Å². The number of nitrogens with zero attached hydrogens (tertiary/aromatic N) is 3. The fraction of sp³-hybridized carbons (Fsp3) is 0.750. The van der Waals surface area contributed by atoms with Gasteiger partial charge in [-0.2, -0.15) is 0 Å². The van der Waals surface area contributed by atoms with Crippen molar-refractivity contribution < 1.29 is 4.74 Å². The average Bonchev–Trinajstić information content (AvgIpc) is 2.45. The van der Waals surface area contributed by atoms with Gasteiger partial charge in [-0.25, -0.2) is 0 Å². The van der Waals surface area contributed by atoms with E-state index in [2.05, 4.69) is 10.2 Å². The lowest BCUT2D eigenvalue weighted by atomic mass is 10.5. The van der Waals surface area contributed by atoms with E-state index in [1.165, 1.54) is 0 Å². The summed E-state index contributed by atoms with van der Waals surface area (Å²) in [6, 6.07) is 0. The number of thioether (sulfide) groups is 1. The maximum Gasteiger partial charge on any atom is 0.190 e. The van der Waals surface area contributed by atoms with E-state index in [0.29, 0.717) is 6.10 Å². The third-order valence-corrected chi connectivity index (χ3v) is 2.43. The minimum absolute atomic E-state index is 0.306. The lowest BCUT2D eigenvalue weighted by molar-refractivity contribution is 0.0920. The smallest absolute Gasteiger partial charge is 0.190 e. The van der Waals surface area contributed by atoms with Crippen LogP contribution in [0.25, 0.3) is 0 Å². The number of aromatic nitrogens is 3. The first-order valence-corrected chi connectivity index (χ1v) is 5.27. The summed E-state index contributed by atoms with van der Waals surface area (Å²) in [5.41, 5.74) is 0. The van der Waals surface area contributed by atoms with Gasteiger partial charge in [0.2, 0.25) is 0 Å². The summed E-state index contributed by atoms with van der Waals surface area (Å²) in [6.45, 7) is 4.83. The Morgan fingerprint density at radius 2 is 2.38 bits per heavy atom. The van der Waals surface area contributed by atoms with E-state index in [4.69, 9.17) is 4.74 Å². The number of rotatable bonds is 5. The molecule has 0 aliphatic heterocycles. The topological polar surface area (TPSA) is 39.9 Å². The molecule has 0 bridgehead atoms. The molecule has 1 aromatic heterocycles. The number of hydrogen-bond donors (Lipinski definition) is 0. The van der Waals surface area contributed by atoms with Crippen molar-refractivity contribution in [3.63, 3.8) is 0 Å². The van der Waals surface area contributed by atoms with Crippen LogP contribution in [0.3, 0.4) is 0 Å². The molecule has 0 atom stereocenters. The van der Waals surface area contributed by atoms with Gasteiger partial charge in [0, 0.05) is 12.8 Å².